The van der Waals surface area contributed by atoms with Crippen molar-refractivity contribution in [2.75, 3.05) is 25.0 Å². The lowest BCUT2D eigenvalue weighted by atomic mass is 9.84. The minimum atomic E-state index is -0.0871. The summed E-state index contributed by atoms with van der Waals surface area (Å²) in [6.45, 7) is 1.24. The normalized spacial score (nSPS) is 18.0. The number of benzene rings is 2. The van der Waals surface area contributed by atoms with Crippen molar-refractivity contribution in [3.63, 3.8) is 0 Å². The van der Waals surface area contributed by atoms with E-state index in [2.05, 4.69) is 16.0 Å². The third-order valence-corrected chi connectivity index (χ3v) is 7.05. The minimum Gasteiger partial charge on any atom is -0.355 e. The monoisotopic (exact) mass is 498 g/mol. The fourth-order valence-corrected chi connectivity index (χ4v) is 4.78. The highest BCUT2D eigenvalue weighted by Gasteiger charge is 2.36. The Kier molecular flexibility index (Phi) is 7.09. The van der Waals surface area contributed by atoms with Crippen molar-refractivity contribution >= 4 is 46.5 Å². The van der Waals surface area contributed by atoms with Crippen molar-refractivity contribution in [2.24, 2.45) is 0 Å². The van der Waals surface area contributed by atoms with Gasteiger partial charge < -0.3 is 9.80 Å². The number of halogens is 3. The van der Waals surface area contributed by atoms with Crippen LogP contribution in [0.5, 0.6) is 0 Å². The van der Waals surface area contributed by atoms with Crippen LogP contribution in [0.25, 0.3) is 0 Å². The zero-order valence-corrected chi connectivity index (χ0v) is 20.1. The summed E-state index contributed by atoms with van der Waals surface area (Å²) in [5, 5.41) is 11.1. The minimum absolute atomic E-state index is 0.0664. The van der Waals surface area contributed by atoms with E-state index in [9.17, 15) is 10.1 Å². The van der Waals surface area contributed by atoms with Crippen molar-refractivity contribution in [1.82, 2.24) is 9.88 Å². The number of hydrogen-bond acceptors (Lipinski definition) is 4. The average Bonchev–Trinajstić information content (AvgIpc) is 2.85. The van der Waals surface area contributed by atoms with E-state index in [0.717, 1.165) is 5.56 Å². The molecule has 5 nitrogen and oxygen atoms in total. The SMILES string of the molecule is CN(C(=O)c1ccc(Cl)cc1)[C@@H]1CCN(c2ncccc2C#N)C[C@H]1c1ccc(Cl)c(Cl)c1. The average molecular weight is 500 g/mol. The first-order chi connectivity index (χ1) is 15.9. The summed E-state index contributed by atoms with van der Waals surface area (Å²) < 4.78 is 0. The maximum atomic E-state index is 13.3. The van der Waals surface area contributed by atoms with Crippen LogP contribution in [-0.4, -0.2) is 42.0 Å². The van der Waals surface area contributed by atoms with Gasteiger partial charge in [0.25, 0.3) is 5.91 Å². The Labute approximate surface area is 208 Å². The molecule has 4 rings (SSSR count). The van der Waals surface area contributed by atoms with Gasteiger partial charge in [0, 0.05) is 48.9 Å². The van der Waals surface area contributed by atoms with Crippen LogP contribution < -0.4 is 4.90 Å². The number of pyridine rings is 1. The quantitative estimate of drug-likeness (QED) is 0.438. The van der Waals surface area contributed by atoms with Gasteiger partial charge in [-0.1, -0.05) is 40.9 Å². The highest BCUT2D eigenvalue weighted by atomic mass is 35.5. The molecule has 1 aliphatic rings. The topological polar surface area (TPSA) is 60.2 Å². The highest BCUT2D eigenvalue weighted by Crippen LogP contribution is 2.36. The number of aromatic nitrogens is 1. The number of nitriles is 1. The van der Waals surface area contributed by atoms with E-state index in [4.69, 9.17) is 34.8 Å². The van der Waals surface area contributed by atoms with Gasteiger partial charge >= 0.3 is 0 Å². The van der Waals surface area contributed by atoms with Gasteiger partial charge in [0.1, 0.15) is 11.9 Å². The van der Waals surface area contributed by atoms with Gasteiger partial charge in [-0.3, -0.25) is 4.79 Å². The molecule has 1 amide bonds. The molecule has 1 fully saturated rings. The van der Waals surface area contributed by atoms with Crippen LogP contribution >= 0.6 is 34.8 Å². The Morgan fingerprint density at radius 2 is 1.88 bits per heavy atom. The van der Waals surface area contributed by atoms with Crippen LogP contribution in [0.15, 0.2) is 60.8 Å². The summed E-state index contributed by atoms with van der Waals surface area (Å²) in [6.07, 6.45) is 2.38. The summed E-state index contributed by atoms with van der Waals surface area (Å²) in [4.78, 5) is 21.6. The van der Waals surface area contributed by atoms with Gasteiger partial charge in [0.2, 0.25) is 0 Å². The first kappa shape index (κ1) is 23.4. The number of carbonyl (C=O) groups excluding carboxylic acids is 1. The molecule has 2 heterocycles. The van der Waals surface area contributed by atoms with Crippen LogP contribution in [0.2, 0.25) is 15.1 Å². The zero-order chi connectivity index (χ0) is 23.5. The predicted molar refractivity (Wildman–Crippen MR) is 132 cm³/mol. The molecule has 8 heteroatoms. The van der Waals surface area contributed by atoms with Gasteiger partial charge in [0.05, 0.1) is 15.6 Å². The number of piperidine rings is 1. The molecular formula is C25H21Cl3N4O. The Hall–Kier alpha value is -2.78. The van der Waals surface area contributed by atoms with Crippen LogP contribution in [0, 0.1) is 11.3 Å². The number of rotatable bonds is 4. The molecule has 0 unspecified atom stereocenters. The van der Waals surface area contributed by atoms with Crippen molar-refractivity contribution in [3.05, 3.63) is 92.6 Å². The van der Waals surface area contributed by atoms with Gasteiger partial charge in [-0.05, 0) is 60.5 Å². The van der Waals surface area contributed by atoms with E-state index >= 15 is 0 Å². The van der Waals surface area contributed by atoms with Gasteiger partial charge in [-0.2, -0.15) is 5.26 Å². The summed E-state index contributed by atoms with van der Waals surface area (Å²) in [7, 11) is 1.82. The number of amides is 1. The molecule has 3 aromatic rings. The molecule has 0 spiro atoms. The molecule has 0 bridgehead atoms. The lowest BCUT2D eigenvalue weighted by molar-refractivity contribution is 0.0687. The molecule has 0 aliphatic carbocycles. The molecule has 1 aromatic heterocycles. The van der Waals surface area contributed by atoms with E-state index in [1.165, 1.54) is 0 Å². The fraction of sp³-hybridized carbons (Fsp3) is 0.240. The third kappa shape index (κ3) is 4.94. The number of anilines is 1. The van der Waals surface area contributed by atoms with Crippen LogP contribution in [-0.2, 0) is 0 Å². The number of carbonyl (C=O) groups is 1. The maximum Gasteiger partial charge on any atom is 0.253 e. The molecule has 2 atom stereocenters. The summed E-state index contributed by atoms with van der Waals surface area (Å²) in [6, 6.07) is 18.1. The summed E-state index contributed by atoms with van der Waals surface area (Å²) in [5.74, 6) is 0.504. The zero-order valence-electron chi connectivity index (χ0n) is 17.9. The van der Waals surface area contributed by atoms with E-state index in [1.807, 2.05) is 19.2 Å². The molecule has 168 valence electrons. The van der Waals surface area contributed by atoms with Crippen molar-refractivity contribution in [2.45, 2.75) is 18.4 Å². The highest BCUT2D eigenvalue weighted by molar-refractivity contribution is 6.42. The second-order valence-corrected chi connectivity index (χ2v) is 9.24. The Morgan fingerprint density at radius 1 is 1.12 bits per heavy atom. The molecule has 33 heavy (non-hydrogen) atoms. The Morgan fingerprint density at radius 3 is 2.58 bits per heavy atom. The van der Waals surface area contributed by atoms with Crippen LogP contribution in [0.4, 0.5) is 5.82 Å². The Bertz CT molecular complexity index is 1210. The van der Waals surface area contributed by atoms with Gasteiger partial charge in [0.15, 0.2) is 0 Å². The molecule has 0 saturated carbocycles. The van der Waals surface area contributed by atoms with Crippen LogP contribution in [0.3, 0.4) is 0 Å². The molecule has 2 aromatic carbocycles. The van der Waals surface area contributed by atoms with Crippen LogP contribution in [0.1, 0.15) is 33.8 Å². The van der Waals surface area contributed by atoms with Crippen molar-refractivity contribution < 1.29 is 4.79 Å². The number of likely N-dealkylation sites (N-methyl/N-ethyl adjacent to an activating group) is 1. The predicted octanol–water partition coefficient (Wildman–Crippen LogP) is 6.05. The van der Waals surface area contributed by atoms with E-state index < -0.39 is 0 Å². The van der Waals surface area contributed by atoms with Crippen molar-refractivity contribution in [1.29, 1.82) is 5.26 Å². The largest absolute Gasteiger partial charge is 0.355 e. The van der Waals surface area contributed by atoms with Crippen molar-refractivity contribution in [3.8, 4) is 6.07 Å². The molecule has 1 aliphatic heterocycles. The first-order valence-electron chi connectivity index (χ1n) is 10.5. The Balaban J connectivity index is 1.68. The standard InChI is InChI=1S/C25H21Cl3N4O/c1-31(25(33)16-4-7-19(26)8-5-16)23-10-12-32(24-18(14-29)3-2-11-30-24)15-20(23)17-6-9-21(27)22(28)13-17/h2-9,11,13,20,23H,10,12,15H2,1H3/t20-,23+/m0/s1. The fourth-order valence-electron chi connectivity index (χ4n) is 4.35. The molecule has 0 N–H and O–H groups in total. The lowest BCUT2D eigenvalue weighted by Gasteiger charge is -2.43. The number of nitrogens with zero attached hydrogens (tertiary/aromatic N) is 4. The smallest absolute Gasteiger partial charge is 0.253 e. The van der Waals surface area contributed by atoms with Gasteiger partial charge in [-0.15, -0.1) is 0 Å². The number of hydrogen-bond donors (Lipinski definition) is 0. The molecule has 1 saturated heterocycles. The summed E-state index contributed by atoms with van der Waals surface area (Å²) >= 11 is 18.5. The lowest BCUT2D eigenvalue weighted by Crippen LogP contribution is -2.51. The first-order valence-corrected chi connectivity index (χ1v) is 11.6. The van der Waals surface area contributed by atoms with E-state index in [-0.39, 0.29) is 17.9 Å². The second kappa shape index (κ2) is 10.0. The molecular weight excluding hydrogens is 479 g/mol. The van der Waals surface area contributed by atoms with E-state index in [1.54, 1.807) is 53.6 Å². The molecule has 0 radical (unpaired) electrons. The third-order valence-electron chi connectivity index (χ3n) is 6.06. The maximum absolute atomic E-state index is 13.3. The van der Waals surface area contributed by atoms with Gasteiger partial charge in [-0.25, -0.2) is 4.98 Å². The second-order valence-electron chi connectivity index (χ2n) is 7.99. The van der Waals surface area contributed by atoms with E-state index in [0.29, 0.717) is 51.5 Å². The summed E-state index contributed by atoms with van der Waals surface area (Å²) in [5.41, 5.74) is 2.08.